The normalized spacial score (nSPS) is 37.5. The highest BCUT2D eigenvalue weighted by atomic mass is 16.5. The van der Waals surface area contributed by atoms with Crippen LogP contribution in [0.15, 0.2) is 0 Å². The van der Waals surface area contributed by atoms with E-state index < -0.39 is 0 Å². The maximum Gasteiger partial charge on any atom is 0.0577 e. The smallest absolute Gasteiger partial charge is 0.0577 e. The molecule has 0 N–H and O–H groups in total. The zero-order valence-corrected chi connectivity index (χ0v) is 12.2. The molecule has 2 fully saturated rings. The summed E-state index contributed by atoms with van der Waals surface area (Å²) in [6.45, 7) is 5.89. The first-order valence-corrected chi connectivity index (χ1v) is 7.48. The average Bonchev–Trinajstić information content (AvgIpc) is 2.32. The van der Waals surface area contributed by atoms with Gasteiger partial charge in [-0.25, -0.2) is 0 Å². The first-order chi connectivity index (χ1) is 8.72. The molecule has 0 amide bonds. The molecule has 0 unspecified atom stereocenters. The van der Waals surface area contributed by atoms with Crippen LogP contribution in [0.2, 0.25) is 0 Å². The van der Waals surface area contributed by atoms with Crippen LogP contribution in [0.1, 0.15) is 39.0 Å². The van der Waals surface area contributed by atoms with E-state index >= 15 is 0 Å². The second-order valence-electron chi connectivity index (χ2n) is 6.21. The largest absolute Gasteiger partial charge is 0.385 e. The fourth-order valence-corrected chi connectivity index (χ4v) is 3.48. The highest BCUT2D eigenvalue weighted by Crippen LogP contribution is 2.33. The lowest BCUT2D eigenvalue weighted by Crippen LogP contribution is -2.46. The molecule has 0 radical (unpaired) electrons. The first kappa shape index (κ1) is 14.3. The molecule has 3 nitrogen and oxygen atoms in total. The molecule has 0 aromatic rings. The predicted molar refractivity (Wildman–Crippen MR) is 73.8 cm³/mol. The fraction of sp³-hybridized carbons (Fsp3) is 1.00. The summed E-state index contributed by atoms with van der Waals surface area (Å²) in [7, 11) is 3.65. The van der Waals surface area contributed by atoms with Gasteiger partial charge in [-0.3, -0.25) is 0 Å². The molecule has 3 heteroatoms. The summed E-state index contributed by atoms with van der Waals surface area (Å²) in [5.74, 6) is 1.76. The summed E-state index contributed by atoms with van der Waals surface area (Å²) >= 11 is 0. The van der Waals surface area contributed by atoms with Crippen LogP contribution >= 0.6 is 0 Å². The van der Waals surface area contributed by atoms with Crippen LogP contribution in [0.25, 0.3) is 0 Å². The topological polar surface area (TPSA) is 21.7 Å². The van der Waals surface area contributed by atoms with Crippen LogP contribution in [0.3, 0.4) is 0 Å². The molecule has 1 aliphatic carbocycles. The molecule has 1 heterocycles. The number of ether oxygens (including phenoxy) is 2. The standard InChI is InChI=1S/C15H29NO2/c1-12-8-13(5-7-17-2)4-6-16(12)11-14-9-15(10-14)18-3/h12-15H,4-11H2,1-3H3/t12-,13-,14?,15?/m1/s1. The van der Waals surface area contributed by atoms with E-state index in [9.17, 15) is 0 Å². The molecule has 2 aliphatic rings. The third-order valence-corrected chi connectivity index (χ3v) is 4.87. The van der Waals surface area contributed by atoms with Crippen LogP contribution in [0.4, 0.5) is 0 Å². The van der Waals surface area contributed by atoms with E-state index in [2.05, 4.69) is 11.8 Å². The van der Waals surface area contributed by atoms with Crippen molar-refractivity contribution in [2.45, 2.75) is 51.2 Å². The van der Waals surface area contributed by atoms with Gasteiger partial charge in [0.15, 0.2) is 0 Å². The Morgan fingerprint density at radius 1 is 1.11 bits per heavy atom. The molecule has 0 bridgehead atoms. The minimum absolute atomic E-state index is 0.546. The van der Waals surface area contributed by atoms with E-state index in [-0.39, 0.29) is 0 Å². The quantitative estimate of drug-likeness (QED) is 0.728. The number of methoxy groups -OCH3 is 2. The van der Waals surface area contributed by atoms with Gasteiger partial charge in [-0.1, -0.05) is 0 Å². The maximum atomic E-state index is 5.36. The van der Waals surface area contributed by atoms with E-state index in [1.54, 1.807) is 7.11 Å². The second kappa shape index (κ2) is 6.88. The van der Waals surface area contributed by atoms with Crippen molar-refractivity contribution in [3.63, 3.8) is 0 Å². The van der Waals surface area contributed by atoms with Gasteiger partial charge in [-0.2, -0.15) is 0 Å². The van der Waals surface area contributed by atoms with Gasteiger partial charge < -0.3 is 14.4 Å². The van der Waals surface area contributed by atoms with E-state index in [4.69, 9.17) is 9.47 Å². The highest BCUT2D eigenvalue weighted by molar-refractivity contribution is 4.86. The molecule has 0 spiro atoms. The minimum Gasteiger partial charge on any atom is -0.385 e. The third kappa shape index (κ3) is 3.69. The minimum atomic E-state index is 0.546. The monoisotopic (exact) mass is 255 g/mol. The Kier molecular flexibility index (Phi) is 5.46. The molecular weight excluding hydrogens is 226 g/mol. The number of piperidine rings is 1. The van der Waals surface area contributed by atoms with Gasteiger partial charge in [0.2, 0.25) is 0 Å². The van der Waals surface area contributed by atoms with Gasteiger partial charge in [-0.15, -0.1) is 0 Å². The lowest BCUT2D eigenvalue weighted by Gasteiger charge is -2.43. The number of hydrogen-bond donors (Lipinski definition) is 0. The van der Waals surface area contributed by atoms with Crippen molar-refractivity contribution in [2.24, 2.45) is 11.8 Å². The Hall–Kier alpha value is -0.120. The van der Waals surface area contributed by atoms with Crippen LogP contribution in [0, 0.1) is 11.8 Å². The van der Waals surface area contributed by atoms with Gasteiger partial charge in [0.25, 0.3) is 0 Å². The molecular formula is C15H29NO2. The van der Waals surface area contributed by atoms with E-state index in [0.717, 1.165) is 24.5 Å². The van der Waals surface area contributed by atoms with Crippen molar-refractivity contribution in [1.82, 2.24) is 4.90 Å². The van der Waals surface area contributed by atoms with Crippen molar-refractivity contribution in [3.8, 4) is 0 Å². The Bertz CT molecular complexity index is 241. The summed E-state index contributed by atoms with van der Waals surface area (Å²) < 4.78 is 10.6. The Morgan fingerprint density at radius 2 is 1.89 bits per heavy atom. The van der Waals surface area contributed by atoms with E-state index in [1.807, 2.05) is 7.11 Å². The van der Waals surface area contributed by atoms with Crippen molar-refractivity contribution in [3.05, 3.63) is 0 Å². The second-order valence-corrected chi connectivity index (χ2v) is 6.21. The number of likely N-dealkylation sites (tertiary alicyclic amines) is 1. The van der Waals surface area contributed by atoms with Crippen molar-refractivity contribution >= 4 is 0 Å². The van der Waals surface area contributed by atoms with E-state index in [1.165, 1.54) is 45.2 Å². The van der Waals surface area contributed by atoms with Crippen molar-refractivity contribution in [2.75, 3.05) is 33.9 Å². The molecule has 0 aromatic carbocycles. The van der Waals surface area contributed by atoms with Crippen LogP contribution in [-0.2, 0) is 9.47 Å². The van der Waals surface area contributed by atoms with E-state index in [0.29, 0.717) is 6.10 Å². The average molecular weight is 255 g/mol. The Morgan fingerprint density at radius 3 is 2.50 bits per heavy atom. The van der Waals surface area contributed by atoms with Crippen molar-refractivity contribution < 1.29 is 9.47 Å². The Balaban J connectivity index is 1.66. The van der Waals surface area contributed by atoms with Gasteiger partial charge in [-0.05, 0) is 57.4 Å². The first-order valence-electron chi connectivity index (χ1n) is 7.48. The SMILES string of the molecule is COCC[C@H]1CCN(CC2CC(OC)C2)[C@H](C)C1. The number of hydrogen-bond acceptors (Lipinski definition) is 3. The number of rotatable bonds is 6. The fourth-order valence-electron chi connectivity index (χ4n) is 3.48. The zero-order valence-electron chi connectivity index (χ0n) is 12.2. The highest BCUT2D eigenvalue weighted by Gasteiger charge is 2.33. The summed E-state index contributed by atoms with van der Waals surface area (Å²) in [5, 5.41) is 0. The zero-order chi connectivity index (χ0) is 13.0. The molecule has 2 rings (SSSR count). The lowest BCUT2D eigenvalue weighted by molar-refractivity contribution is -0.0217. The summed E-state index contributed by atoms with van der Waals surface area (Å²) in [4.78, 5) is 2.69. The Labute approximate surface area is 112 Å². The predicted octanol–water partition coefficient (Wildman–Crippen LogP) is 2.55. The summed E-state index contributed by atoms with van der Waals surface area (Å²) in [5.41, 5.74) is 0. The maximum absolute atomic E-state index is 5.36. The van der Waals surface area contributed by atoms with Crippen LogP contribution in [0.5, 0.6) is 0 Å². The molecule has 106 valence electrons. The van der Waals surface area contributed by atoms with Gasteiger partial charge >= 0.3 is 0 Å². The van der Waals surface area contributed by atoms with Gasteiger partial charge in [0.05, 0.1) is 6.10 Å². The summed E-state index contributed by atoms with van der Waals surface area (Å²) in [6.07, 6.45) is 7.03. The van der Waals surface area contributed by atoms with Crippen LogP contribution < -0.4 is 0 Å². The molecule has 1 aliphatic heterocycles. The molecule has 0 aromatic heterocycles. The summed E-state index contributed by atoms with van der Waals surface area (Å²) in [6, 6.07) is 0.752. The molecule has 1 saturated carbocycles. The third-order valence-electron chi connectivity index (χ3n) is 4.87. The number of nitrogens with zero attached hydrogens (tertiary/aromatic N) is 1. The van der Waals surface area contributed by atoms with Gasteiger partial charge in [0, 0.05) is 33.4 Å². The van der Waals surface area contributed by atoms with Gasteiger partial charge in [0.1, 0.15) is 0 Å². The molecule has 2 atom stereocenters. The molecule has 1 saturated heterocycles. The van der Waals surface area contributed by atoms with Crippen LogP contribution in [-0.4, -0.2) is 51.0 Å². The molecule has 18 heavy (non-hydrogen) atoms. The lowest BCUT2D eigenvalue weighted by atomic mass is 9.80. The van der Waals surface area contributed by atoms with Crippen molar-refractivity contribution in [1.29, 1.82) is 0 Å².